The van der Waals surface area contributed by atoms with Gasteiger partial charge in [0.2, 0.25) is 0 Å². The third-order valence-electron chi connectivity index (χ3n) is 3.85. The van der Waals surface area contributed by atoms with E-state index in [1.165, 1.54) is 12.1 Å². The Hall–Kier alpha value is -4.21. The molecule has 1 aromatic heterocycles. The lowest BCUT2D eigenvalue weighted by Gasteiger charge is -2.06. The maximum absolute atomic E-state index is 11.6. The summed E-state index contributed by atoms with van der Waals surface area (Å²) in [6.07, 6.45) is 0. The highest BCUT2D eigenvalue weighted by Crippen LogP contribution is 2.28. The summed E-state index contributed by atoms with van der Waals surface area (Å²) in [5, 5.41) is 36.9. The lowest BCUT2D eigenvalue weighted by atomic mass is 10.0. The van der Waals surface area contributed by atoms with Gasteiger partial charge in [0.25, 0.3) is 0 Å². The number of imidazole rings is 1. The van der Waals surface area contributed by atoms with Crippen molar-refractivity contribution in [1.82, 2.24) is 9.97 Å². The lowest BCUT2D eigenvalue weighted by molar-refractivity contribution is 0.0652. The standard InChI is InChI=1S/C17H10N2O8/c20-14(21)7-3-1-2-6(12(7)17(26)27)13-18-10-4-8(15(22)23)9(16(24)25)5-11(10)19-13/h1-5H,(H,18,19)(H,20,21)(H,22,23)(H,24,25)(H,26,27). The van der Waals surface area contributed by atoms with Crippen LogP contribution in [0.5, 0.6) is 0 Å². The molecule has 27 heavy (non-hydrogen) atoms. The van der Waals surface area contributed by atoms with Crippen molar-refractivity contribution in [2.75, 3.05) is 0 Å². The number of H-pyrrole nitrogens is 1. The SMILES string of the molecule is O=C(O)c1cc2nc(-c3cccc(C(=O)O)c3C(=O)O)[nH]c2cc1C(=O)O. The van der Waals surface area contributed by atoms with Gasteiger partial charge in [-0.25, -0.2) is 24.2 Å². The number of benzene rings is 2. The Labute approximate surface area is 149 Å². The summed E-state index contributed by atoms with van der Waals surface area (Å²) in [6, 6.07) is 5.91. The monoisotopic (exact) mass is 370 g/mol. The molecule has 0 bridgehead atoms. The van der Waals surface area contributed by atoms with Crippen molar-refractivity contribution in [2.24, 2.45) is 0 Å². The van der Waals surface area contributed by atoms with Gasteiger partial charge in [0.1, 0.15) is 5.82 Å². The highest BCUT2D eigenvalue weighted by Gasteiger charge is 2.24. The quantitative estimate of drug-likeness (QED) is 0.449. The molecule has 3 aromatic rings. The molecule has 0 aliphatic carbocycles. The second-order valence-corrected chi connectivity index (χ2v) is 5.45. The summed E-state index contributed by atoms with van der Waals surface area (Å²) < 4.78 is 0. The van der Waals surface area contributed by atoms with Crippen LogP contribution in [-0.4, -0.2) is 54.3 Å². The molecule has 0 saturated carbocycles. The van der Waals surface area contributed by atoms with E-state index < -0.39 is 46.1 Å². The highest BCUT2D eigenvalue weighted by atomic mass is 16.4. The Morgan fingerprint density at radius 2 is 1.37 bits per heavy atom. The first-order chi connectivity index (χ1) is 12.7. The first-order valence-electron chi connectivity index (χ1n) is 7.31. The lowest BCUT2D eigenvalue weighted by Crippen LogP contribution is -2.10. The van der Waals surface area contributed by atoms with Crippen molar-refractivity contribution in [3.63, 3.8) is 0 Å². The molecular formula is C17H10N2O8. The van der Waals surface area contributed by atoms with Crippen molar-refractivity contribution in [1.29, 1.82) is 0 Å². The molecule has 0 amide bonds. The zero-order valence-electron chi connectivity index (χ0n) is 13.3. The molecule has 5 N–H and O–H groups in total. The smallest absolute Gasteiger partial charge is 0.337 e. The summed E-state index contributed by atoms with van der Waals surface area (Å²) in [5.74, 6) is -5.88. The van der Waals surface area contributed by atoms with Gasteiger partial charge < -0.3 is 25.4 Å². The number of nitrogens with zero attached hydrogens (tertiary/aromatic N) is 1. The number of aromatic nitrogens is 2. The van der Waals surface area contributed by atoms with Crippen LogP contribution in [0.25, 0.3) is 22.4 Å². The molecule has 10 heteroatoms. The van der Waals surface area contributed by atoms with Crippen LogP contribution in [0.3, 0.4) is 0 Å². The molecule has 0 fully saturated rings. The average Bonchev–Trinajstić information content (AvgIpc) is 3.02. The fraction of sp³-hybridized carbons (Fsp3) is 0. The minimum absolute atomic E-state index is 0.0349. The minimum atomic E-state index is -1.49. The van der Waals surface area contributed by atoms with Crippen molar-refractivity contribution < 1.29 is 39.6 Å². The van der Waals surface area contributed by atoms with Crippen LogP contribution in [0.1, 0.15) is 41.4 Å². The number of rotatable bonds is 5. The first kappa shape index (κ1) is 17.6. The Bertz CT molecular complexity index is 1090. The number of aromatic carboxylic acids is 4. The molecule has 0 radical (unpaired) electrons. The first-order valence-corrected chi connectivity index (χ1v) is 7.31. The van der Waals surface area contributed by atoms with Crippen LogP contribution >= 0.6 is 0 Å². The number of hydrogen-bond donors (Lipinski definition) is 5. The van der Waals surface area contributed by atoms with Gasteiger partial charge in [0.15, 0.2) is 0 Å². The zero-order chi connectivity index (χ0) is 19.9. The van der Waals surface area contributed by atoms with Crippen LogP contribution < -0.4 is 0 Å². The molecule has 3 rings (SSSR count). The van der Waals surface area contributed by atoms with E-state index in [-0.39, 0.29) is 22.4 Å². The maximum atomic E-state index is 11.6. The summed E-state index contributed by atoms with van der Waals surface area (Å²) in [4.78, 5) is 52.2. The normalized spacial score (nSPS) is 10.7. The van der Waals surface area contributed by atoms with Crippen molar-refractivity contribution in [3.05, 3.63) is 52.6 Å². The predicted molar refractivity (Wildman–Crippen MR) is 89.4 cm³/mol. The molecule has 136 valence electrons. The molecule has 0 unspecified atom stereocenters. The highest BCUT2D eigenvalue weighted by molar-refractivity contribution is 6.07. The molecule has 0 aliphatic heterocycles. The molecule has 0 spiro atoms. The van der Waals surface area contributed by atoms with Crippen LogP contribution in [-0.2, 0) is 0 Å². The van der Waals surface area contributed by atoms with Gasteiger partial charge >= 0.3 is 23.9 Å². The molecule has 1 heterocycles. The van der Waals surface area contributed by atoms with E-state index in [9.17, 15) is 34.5 Å². The minimum Gasteiger partial charge on any atom is -0.478 e. The number of carboxylic acid groups (broad SMARTS) is 4. The fourth-order valence-corrected chi connectivity index (χ4v) is 2.70. The molecular weight excluding hydrogens is 360 g/mol. The molecule has 2 aromatic carbocycles. The number of carboxylic acids is 4. The van der Waals surface area contributed by atoms with Gasteiger partial charge in [-0.1, -0.05) is 12.1 Å². The predicted octanol–water partition coefficient (Wildman–Crippen LogP) is 2.02. The Morgan fingerprint density at radius 1 is 0.778 bits per heavy atom. The fourth-order valence-electron chi connectivity index (χ4n) is 2.70. The van der Waals surface area contributed by atoms with Crippen molar-refractivity contribution >= 4 is 34.9 Å². The van der Waals surface area contributed by atoms with Crippen LogP contribution in [0.2, 0.25) is 0 Å². The average molecular weight is 370 g/mol. The number of aromatic amines is 1. The van der Waals surface area contributed by atoms with E-state index in [1.807, 2.05) is 0 Å². The van der Waals surface area contributed by atoms with E-state index in [2.05, 4.69) is 9.97 Å². The van der Waals surface area contributed by atoms with Crippen LogP contribution in [0, 0.1) is 0 Å². The number of nitrogens with one attached hydrogen (secondary N) is 1. The number of fused-ring (bicyclic) bond motifs is 1. The van der Waals surface area contributed by atoms with Gasteiger partial charge in [-0.05, 0) is 18.2 Å². The van der Waals surface area contributed by atoms with Crippen molar-refractivity contribution in [3.8, 4) is 11.4 Å². The van der Waals surface area contributed by atoms with E-state index in [1.54, 1.807) is 0 Å². The van der Waals surface area contributed by atoms with Crippen molar-refractivity contribution in [2.45, 2.75) is 0 Å². The zero-order valence-corrected chi connectivity index (χ0v) is 13.3. The summed E-state index contributed by atoms with van der Waals surface area (Å²) >= 11 is 0. The van der Waals surface area contributed by atoms with Gasteiger partial charge in [-0.15, -0.1) is 0 Å². The molecule has 0 atom stereocenters. The van der Waals surface area contributed by atoms with E-state index >= 15 is 0 Å². The molecule has 10 nitrogen and oxygen atoms in total. The van der Waals surface area contributed by atoms with E-state index in [0.717, 1.165) is 18.2 Å². The third kappa shape index (κ3) is 2.95. The largest absolute Gasteiger partial charge is 0.478 e. The van der Waals surface area contributed by atoms with Gasteiger partial charge in [0.05, 0.1) is 33.3 Å². The van der Waals surface area contributed by atoms with Gasteiger partial charge in [-0.2, -0.15) is 0 Å². The Morgan fingerprint density at radius 3 is 1.93 bits per heavy atom. The molecule has 0 saturated heterocycles. The van der Waals surface area contributed by atoms with E-state index in [4.69, 9.17) is 5.11 Å². The Kier molecular flexibility index (Phi) is 4.08. The maximum Gasteiger partial charge on any atom is 0.337 e. The van der Waals surface area contributed by atoms with Crippen LogP contribution in [0.15, 0.2) is 30.3 Å². The molecule has 0 aliphatic rings. The summed E-state index contributed by atoms with van der Waals surface area (Å²) in [6.45, 7) is 0. The summed E-state index contributed by atoms with van der Waals surface area (Å²) in [7, 11) is 0. The van der Waals surface area contributed by atoms with E-state index in [0.29, 0.717) is 0 Å². The number of hydrogen-bond acceptors (Lipinski definition) is 5. The summed E-state index contributed by atoms with van der Waals surface area (Å²) in [5.41, 5.74) is -1.69. The third-order valence-corrected chi connectivity index (χ3v) is 3.85. The Balaban J connectivity index is 2.30. The van der Waals surface area contributed by atoms with Crippen LogP contribution in [0.4, 0.5) is 0 Å². The second-order valence-electron chi connectivity index (χ2n) is 5.45. The second kappa shape index (κ2) is 6.26. The topological polar surface area (TPSA) is 178 Å². The van der Waals surface area contributed by atoms with Gasteiger partial charge in [0, 0.05) is 5.56 Å². The number of carbonyl (C=O) groups is 4. The van der Waals surface area contributed by atoms with Gasteiger partial charge in [-0.3, -0.25) is 0 Å².